The van der Waals surface area contributed by atoms with Crippen molar-refractivity contribution < 1.29 is 27.4 Å². The van der Waals surface area contributed by atoms with Crippen molar-refractivity contribution >= 4 is 9.84 Å². The Morgan fingerprint density at radius 1 is 1.47 bits per heavy atom. The molecule has 0 aliphatic rings. The standard InChI is InChI=1S/C9H11F2NO4S/c1-17(15,16)9-5(10)2-4(6(12)3-13)8(14)7(9)11/h2,6,13-14H,3,12H2,1H3. The van der Waals surface area contributed by atoms with Gasteiger partial charge in [-0.15, -0.1) is 0 Å². The number of nitrogens with two attached hydrogens (primary N) is 1. The maximum atomic E-state index is 13.5. The summed E-state index contributed by atoms with van der Waals surface area (Å²) in [4.78, 5) is -1.22. The van der Waals surface area contributed by atoms with E-state index < -0.39 is 50.3 Å². The zero-order chi connectivity index (χ0) is 13.4. The maximum absolute atomic E-state index is 13.5. The first kappa shape index (κ1) is 13.8. The highest BCUT2D eigenvalue weighted by atomic mass is 32.2. The highest BCUT2D eigenvalue weighted by molar-refractivity contribution is 7.90. The number of rotatable bonds is 3. The molecular formula is C9H11F2NO4S. The zero-order valence-corrected chi connectivity index (χ0v) is 9.63. The molecule has 0 spiro atoms. The van der Waals surface area contributed by atoms with E-state index in [1.165, 1.54) is 0 Å². The molecule has 1 unspecified atom stereocenters. The van der Waals surface area contributed by atoms with Crippen LogP contribution in [0.3, 0.4) is 0 Å². The van der Waals surface area contributed by atoms with Crippen molar-refractivity contribution in [2.75, 3.05) is 12.9 Å². The lowest BCUT2D eigenvalue weighted by Gasteiger charge is -2.13. The predicted molar refractivity (Wildman–Crippen MR) is 55.1 cm³/mol. The fraction of sp³-hybridized carbons (Fsp3) is 0.333. The minimum absolute atomic E-state index is 0.394. The topological polar surface area (TPSA) is 101 Å². The Morgan fingerprint density at radius 2 is 2.00 bits per heavy atom. The van der Waals surface area contributed by atoms with E-state index in [9.17, 15) is 22.3 Å². The second-order valence-electron chi connectivity index (χ2n) is 3.50. The number of sulfone groups is 1. The maximum Gasteiger partial charge on any atom is 0.186 e. The SMILES string of the molecule is CS(=O)(=O)c1c(F)cc(C(N)CO)c(O)c1F. The van der Waals surface area contributed by atoms with Crippen LogP contribution < -0.4 is 5.73 Å². The van der Waals surface area contributed by atoms with Gasteiger partial charge in [0.05, 0.1) is 12.6 Å². The molecule has 0 aliphatic heterocycles. The summed E-state index contributed by atoms with van der Waals surface area (Å²) in [5.41, 5.74) is 4.91. The molecule has 0 saturated heterocycles. The minimum Gasteiger partial charge on any atom is -0.505 e. The van der Waals surface area contributed by atoms with Gasteiger partial charge in [-0.2, -0.15) is 0 Å². The summed E-state index contributed by atoms with van der Waals surface area (Å²) in [7, 11) is -4.15. The van der Waals surface area contributed by atoms with E-state index in [1.807, 2.05) is 0 Å². The van der Waals surface area contributed by atoms with Gasteiger partial charge in [-0.05, 0) is 6.07 Å². The quantitative estimate of drug-likeness (QED) is 0.719. The van der Waals surface area contributed by atoms with Crippen molar-refractivity contribution in [3.63, 3.8) is 0 Å². The van der Waals surface area contributed by atoms with Crippen LogP contribution in [0.15, 0.2) is 11.0 Å². The number of aliphatic hydroxyl groups is 1. The number of phenolic OH excluding ortho intramolecular Hbond substituents is 1. The van der Waals surface area contributed by atoms with Crippen molar-refractivity contribution in [1.29, 1.82) is 0 Å². The van der Waals surface area contributed by atoms with Crippen molar-refractivity contribution in [2.24, 2.45) is 5.73 Å². The van der Waals surface area contributed by atoms with Gasteiger partial charge in [-0.1, -0.05) is 0 Å². The third kappa shape index (κ3) is 2.54. The highest BCUT2D eigenvalue weighted by Gasteiger charge is 2.26. The summed E-state index contributed by atoms with van der Waals surface area (Å²) in [6.07, 6.45) is 0.611. The summed E-state index contributed by atoms with van der Waals surface area (Å²) in [6.45, 7) is -0.648. The van der Waals surface area contributed by atoms with E-state index >= 15 is 0 Å². The van der Waals surface area contributed by atoms with Crippen molar-refractivity contribution in [3.05, 3.63) is 23.3 Å². The van der Waals surface area contributed by atoms with Crippen molar-refractivity contribution in [1.82, 2.24) is 0 Å². The molecule has 5 nitrogen and oxygen atoms in total. The van der Waals surface area contributed by atoms with E-state index in [4.69, 9.17) is 10.8 Å². The van der Waals surface area contributed by atoms with Crippen LogP contribution in [0.4, 0.5) is 8.78 Å². The molecule has 1 rings (SSSR count). The number of benzene rings is 1. The minimum atomic E-state index is -4.15. The molecule has 96 valence electrons. The second-order valence-corrected chi connectivity index (χ2v) is 5.45. The van der Waals surface area contributed by atoms with Crippen LogP contribution >= 0.6 is 0 Å². The van der Waals surface area contributed by atoms with Crippen molar-refractivity contribution in [3.8, 4) is 5.75 Å². The Kier molecular flexibility index (Phi) is 3.70. The molecule has 17 heavy (non-hydrogen) atoms. The second kappa shape index (κ2) is 4.55. The van der Waals surface area contributed by atoms with Gasteiger partial charge in [-0.3, -0.25) is 0 Å². The van der Waals surface area contributed by atoms with Gasteiger partial charge in [-0.25, -0.2) is 17.2 Å². The first-order chi connectivity index (χ1) is 7.70. The number of halogens is 2. The van der Waals surface area contributed by atoms with E-state index in [1.54, 1.807) is 0 Å². The molecule has 1 aromatic carbocycles. The number of hydrogen-bond donors (Lipinski definition) is 3. The predicted octanol–water partition coefficient (Wildman–Crippen LogP) is 0.0660. The summed E-state index contributed by atoms with van der Waals surface area (Å²) in [5.74, 6) is -4.04. The summed E-state index contributed by atoms with van der Waals surface area (Å²) in [5, 5.41) is 18.1. The van der Waals surface area contributed by atoms with Gasteiger partial charge in [0.2, 0.25) is 0 Å². The van der Waals surface area contributed by atoms with Crippen molar-refractivity contribution in [2.45, 2.75) is 10.9 Å². The lowest BCUT2D eigenvalue weighted by Crippen LogP contribution is -2.17. The number of phenols is 1. The largest absolute Gasteiger partial charge is 0.505 e. The molecule has 0 fully saturated rings. The van der Waals surface area contributed by atoms with Gasteiger partial charge >= 0.3 is 0 Å². The zero-order valence-electron chi connectivity index (χ0n) is 8.81. The van der Waals surface area contributed by atoms with Crippen LogP contribution in [0.25, 0.3) is 0 Å². The van der Waals surface area contributed by atoms with Crippen LogP contribution in [0.5, 0.6) is 5.75 Å². The number of hydrogen-bond acceptors (Lipinski definition) is 5. The van der Waals surface area contributed by atoms with Gasteiger partial charge < -0.3 is 15.9 Å². The molecule has 8 heteroatoms. The van der Waals surface area contributed by atoms with E-state index in [-0.39, 0.29) is 0 Å². The van der Waals surface area contributed by atoms with Gasteiger partial charge in [0.1, 0.15) is 10.7 Å². The van der Waals surface area contributed by atoms with Gasteiger partial charge in [0.15, 0.2) is 21.4 Å². The normalized spacial score (nSPS) is 13.7. The molecule has 0 radical (unpaired) electrons. The van der Waals surface area contributed by atoms with Crippen LogP contribution in [-0.2, 0) is 9.84 Å². The molecule has 0 bridgehead atoms. The molecule has 0 aromatic heterocycles. The van der Waals surface area contributed by atoms with E-state index in [2.05, 4.69) is 0 Å². The van der Waals surface area contributed by atoms with Crippen LogP contribution in [0.2, 0.25) is 0 Å². The molecule has 0 saturated carbocycles. The van der Waals surface area contributed by atoms with Gasteiger partial charge in [0, 0.05) is 11.8 Å². The Bertz CT molecular complexity index is 544. The fourth-order valence-electron chi connectivity index (χ4n) is 1.33. The Labute approximate surface area is 96.4 Å². The Morgan fingerprint density at radius 3 is 2.41 bits per heavy atom. The molecule has 0 amide bonds. The third-order valence-electron chi connectivity index (χ3n) is 2.15. The average Bonchev–Trinajstić information content (AvgIpc) is 2.20. The lowest BCUT2D eigenvalue weighted by molar-refractivity contribution is 0.263. The highest BCUT2D eigenvalue weighted by Crippen LogP contribution is 2.32. The van der Waals surface area contributed by atoms with Gasteiger partial charge in [0.25, 0.3) is 0 Å². The summed E-state index contributed by atoms with van der Waals surface area (Å²) in [6, 6.07) is -0.608. The van der Waals surface area contributed by atoms with Crippen LogP contribution in [-0.4, -0.2) is 31.5 Å². The molecule has 4 N–H and O–H groups in total. The molecule has 1 atom stereocenters. The average molecular weight is 267 g/mol. The van der Waals surface area contributed by atoms with Crippen LogP contribution in [0, 0.1) is 11.6 Å². The molecule has 0 heterocycles. The number of aromatic hydroxyl groups is 1. The van der Waals surface area contributed by atoms with E-state index in [0.29, 0.717) is 12.3 Å². The molecule has 0 aliphatic carbocycles. The first-order valence-corrected chi connectivity index (χ1v) is 6.36. The fourth-order valence-corrected chi connectivity index (χ4v) is 2.17. The molecule has 1 aromatic rings. The summed E-state index contributed by atoms with van der Waals surface area (Å²) < 4.78 is 49.1. The van der Waals surface area contributed by atoms with E-state index in [0.717, 1.165) is 0 Å². The first-order valence-electron chi connectivity index (χ1n) is 4.47. The Hall–Kier alpha value is -1.25. The lowest BCUT2D eigenvalue weighted by atomic mass is 10.1. The number of aliphatic hydroxyl groups excluding tert-OH is 1. The smallest absolute Gasteiger partial charge is 0.186 e. The monoisotopic (exact) mass is 267 g/mol. The molecular weight excluding hydrogens is 256 g/mol. The Balaban J connectivity index is 3.59. The van der Waals surface area contributed by atoms with Crippen LogP contribution in [0.1, 0.15) is 11.6 Å². The summed E-state index contributed by atoms with van der Waals surface area (Å²) >= 11 is 0. The third-order valence-corrected chi connectivity index (χ3v) is 3.26.